The maximum absolute atomic E-state index is 8.79. The van der Waals surface area contributed by atoms with Crippen LogP contribution in [0, 0.1) is 13.8 Å². The molecule has 0 spiro atoms. The van der Waals surface area contributed by atoms with Crippen molar-refractivity contribution in [3.05, 3.63) is 30.0 Å². The molecule has 0 atom stereocenters. The molecule has 2 rings (SSSR count). The Morgan fingerprint density at radius 3 is 2.61 bits per heavy atom. The Bertz CT molecular complexity index is 545. The molecule has 2 aromatic rings. The van der Waals surface area contributed by atoms with Gasteiger partial charge < -0.3 is 9.84 Å². The Hall–Kier alpha value is -2.08. The zero-order valence-electron chi connectivity index (χ0n) is 10.3. The second-order valence-corrected chi connectivity index (χ2v) is 3.78. The number of aryl methyl sites for hydroxylation is 2. The molecule has 0 saturated heterocycles. The molecular weight excluding hydrogens is 232 g/mol. The topological polar surface area (TPSA) is 81.0 Å². The quantitative estimate of drug-likeness (QED) is 0.864. The van der Waals surface area contributed by atoms with E-state index in [0.717, 1.165) is 11.4 Å². The van der Waals surface area contributed by atoms with Gasteiger partial charge in [-0.1, -0.05) is 0 Å². The first-order valence-corrected chi connectivity index (χ1v) is 5.57. The lowest BCUT2D eigenvalue weighted by Crippen LogP contribution is -2.06. The molecule has 0 bridgehead atoms. The molecule has 2 aromatic heterocycles. The van der Waals surface area contributed by atoms with Crippen molar-refractivity contribution >= 4 is 0 Å². The smallest absolute Gasteiger partial charge is 0.242 e. The Kier molecular flexibility index (Phi) is 3.78. The molecule has 0 radical (unpaired) electrons. The third-order valence-electron chi connectivity index (χ3n) is 2.19. The lowest BCUT2D eigenvalue weighted by molar-refractivity contribution is 0.197. The summed E-state index contributed by atoms with van der Waals surface area (Å²) in [6.45, 7) is 3.79. The van der Waals surface area contributed by atoms with Crippen LogP contribution < -0.4 is 4.74 Å². The van der Waals surface area contributed by atoms with Gasteiger partial charge in [0.15, 0.2) is 5.69 Å². The summed E-state index contributed by atoms with van der Waals surface area (Å²) >= 11 is 0. The van der Waals surface area contributed by atoms with Gasteiger partial charge in [0, 0.05) is 6.20 Å². The van der Waals surface area contributed by atoms with Crippen LogP contribution in [0.2, 0.25) is 0 Å². The van der Waals surface area contributed by atoms with Gasteiger partial charge in [-0.05, 0) is 13.8 Å². The third kappa shape index (κ3) is 2.78. The van der Waals surface area contributed by atoms with Crippen LogP contribution in [0.15, 0.2) is 18.6 Å². The van der Waals surface area contributed by atoms with E-state index in [9.17, 15) is 0 Å². The Labute approximate surface area is 105 Å². The Balaban J connectivity index is 2.44. The number of aliphatic hydroxyl groups excluding tert-OH is 1. The van der Waals surface area contributed by atoms with E-state index in [4.69, 9.17) is 9.84 Å². The molecule has 0 aromatic carbocycles. The lowest BCUT2D eigenvalue weighted by atomic mass is 10.3. The predicted octanol–water partition coefficient (Wildman–Crippen LogP) is 0.922. The van der Waals surface area contributed by atoms with Gasteiger partial charge in [-0.3, -0.25) is 4.98 Å². The van der Waals surface area contributed by atoms with Crippen LogP contribution in [-0.4, -0.2) is 38.3 Å². The van der Waals surface area contributed by atoms with E-state index in [2.05, 4.69) is 19.9 Å². The van der Waals surface area contributed by atoms with Gasteiger partial charge >= 0.3 is 0 Å². The van der Waals surface area contributed by atoms with Crippen LogP contribution in [0.3, 0.4) is 0 Å². The number of aromatic nitrogens is 4. The van der Waals surface area contributed by atoms with E-state index in [-0.39, 0.29) is 13.2 Å². The standard InChI is InChI=1S/C12H14N4O2/c1-8-5-13-7-10(15-8)11-12(18-4-3-17)14-6-9(2)16-11/h5-7,17H,3-4H2,1-2H3. The van der Waals surface area contributed by atoms with Crippen molar-refractivity contribution in [1.29, 1.82) is 0 Å². The molecule has 0 aliphatic rings. The van der Waals surface area contributed by atoms with E-state index in [1.807, 2.05) is 13.8 Å². The van der Waals surface area contributed by atoms with Crippen molar-refractivity contribution in [2.75, 3.05) is 13.2 Å². The maximum Gasteiger partial charge on any atom is 0.242 e. The zero-order chi connectivity index (χ0) is 13.0. The highest BCUT2D eigenvalue weighted by Gasteiger charge is 2.12. The number of hydrogen-bond donors (Lipinski definition) is 1. The van der Waals surface area contributed by atoms with Crippen LogP contribution in [-0.2, 0) is 0 Å². The van der Waals surface area contributed by atoms with Crippen LogP contribution in [0.4, 0.5) is 0 Å². The van der Waals surface area contributed by atoms with Gasteiger partial charge in [0.1, 0.15) is 12.3 Å². The second kappa shape index (κ2) is 5.50. The fourth-order valence-corrected chi connectivity index (χ4v) is 1.46. The minimum Gasteiger partial charge on any atom is -0.474 e. The molecule has 0 aliphatic heterocycles. The van der Waals surface area contributed by atoms with Gasteiger partial charge in [-0.25, -0.2) is 15.0 Å². The van der Waals surface area contributed by atoms with Crippen molar-refractivity contribution in [3.63, 3.8) is 0 Å². The van der Waals surface area contributed by atoms with Crippen molar-refractivity contribution in [2.24, 2.45) is 0 Å². The molecule has 94 valence electrons. The van der Waals surface area contributed by atoms with Crippen LogP contribution in [0.25, 0.3) is 11.4 Å². The van der Waals surface area contributed by atoms with Gasteiger partial charge in [0.2, 0.25) is 5.88 Å². The summed E-state index contributed by atoms with van der Waals surface area (Å²) in [5, 5.41) is 8.79. The first-order valence-electron chi connectivity index (χ1n) is 5.57. The first kappa shape index (κ1) is 12.4. The van der Waals surface area contributed by atoms with Crippen LogP contribution >= 0.6 is 0 Å². The molecule has 0 fully saturated rings. The fourth-order valence-electron chi connectivity index (χ4n) is 1.46. The number of rotatable bonds is 4. The molecule has 6 nitrogen and oxygen atoms in total. The molecule has 6 heteroatoms. The summed E-state index contributed by atoms with van der Waals surface area (Å²) in [7, 11) is 0. The van der Waals surface area contributed by atoms with E-state index in [1.54, 1.807) is 18.6 Å². The van der Waals surface area contributed by atoms with Crippen molar-refractivity contribution < 1.29 is 9.84 Å². The van der Waals surface area contributed by atoms with E-state index >= 15 is 0 Å². The number of nitrogens with zero attached hydrogens (tertiary/aromatic N) is 4. The maximum atomic E-state index is 8.79. The highest BCUT2D eigenvalue weighted by Crippen LogP contribution is 2.23. The first-order chi connectivity index (χ1) is 8.70. The molecule has 0 amide bonds. The van der Waals surface area contributed by atoms with Crippen LogP contribution in [0.5, 0.6) is 5.88 Å². The molecule has 18 heavy (non-hydrogen) atoms. The molecule has 1 N–H and O–H groups in total. The van der Waals surface area contributed by atoms with Gasteiger partial charge in [-0.15, -0.1) is 0 Å². The van der Waals surface area contributed by atoms with Crippen molar-refractivity contribution in [1.82, 2.24) is 19.9 Å². The minimum atomic E-state index is -0.0749. The average Bonchev–Trinajstić information content (AvgIpc) is 2.37. The highest BCUT2D eigenvalue weighted by molar-refractivity contribution is 5.59. The number of hydrogen-bond acceptors (Lipinski definition) is 6. The van der Waals surface area contributed by atoms with Gasteiger partial charge in [-0.2, -0.15) is 0 Å². The number of aliphatic hydroxyl groups is 1. The Morgan fingerprint density at radius 1 is 1.11 bits per heavy atom. The molecule has 0 aliphatic carbocycles. The van der Waals surface area contributed by atoms with E-state index in [0.29, 0.717) is 17.3 Å². The normalized spacial score (nSPS) is 10.4. The second-order valence-electron chi connectivity index (χ2n) is 3.78. The summed E-state index contributed by atoms with van der Waals surface area (Å²) in [6.07, 6.45) is 4.89. The Morgan fingerprint density at radius 2 is 1.89 bits per heavy atom. The van der Waals surface area contributed by atoms with Gasteiger partial charge in [0.25, 0.3) is 0 Å². The van der Waals surface area contributed by atoms with E-state index in [1.165, 1.54) is 0 Å². The lowest BCUT2D eigenvalue weighted by Gasteiger charge is -2.08. The fraction of sp³-hybridized carbons (Fsp3) is 0.333. The van der Waals surface area contributed by atoms with E-state index < -0.39 is 0 Å². The predicted molar refractivity (Wildman–Crippen MR) is 65.1 cm³/mol. The summed E-state index contributed by atoms with van der Waals surface area (Å²) in [5.74, 6) is 0.356. The molecular formula is C12H14N4O2. The highest BCUT2D eigenvalue weighted by atomic mass is 16.5. The molecule has 0 saturated carbocycles. The zero-order valence-corrected chi connectivity index (χ0v) is 10.3. The molecule has 2 heterocycles. The summed E-state index contributed by atoms with van der Waals surface area (Å²) in [5.41, 5.74) is 2.72. The summed E-state index contributed by atoms with van der Waals surface area (Å²) < 4.78 is 5.34. The van der Waals surface area contributed by atoms with Crippen molar-refractivity contribution in [2.45, 2.75) is 13.8 Å². The largest absolute Gasteiger partial charge is 0.474 e. The molecule has 0 unspecified atom stereocenters. The average molecular weight is 246 g/mol. The van der Waals surface area contributed by atoms with Crippen LogP contribution in [0.1, 0.15) is 11.4 Å². The monoisotopic (exact) mass is 246 g/mol. The number of ether oxygens (including phenoxy) is 1. The summed E-state index contributed by atoms with van der Waals surface area (Å²) in [6, 6.07) is 0. The van der Waals surface area contributed by atoms with Crippen molar-refractivity contribution in [3.8, 4) is 17.3 Å². The summed E-state index contributed by atoms with van der Waals surface area (Å²) in [4.78, 5) is 16.9. The SMILES string of the molecule is Cc1cncc(-c2nc(C)cnc2OCCO)n1. The third-order valence-corrected chi connectivity index (χ3v) is 2.19. The van der Waals surface area contributed by atoms with Gasteiger partial charge in [0.05, 0.1) is 30.4 Å². The minimum absolute atomic E-state index is 0.0749.